The van der Waals surface area contributed by atoms with Crippen LogP contribution in [-0.2, 0) is 13.7 Å². The molecule has 0 spiro atoms. The summed E-state index contributed by atoms with van der Waals surface area (Å²) >= 11 is 0. The predicted octanol–water partition coefficient (Wildman–Crippen LogP) is 3.23. The van der Waals surface area contributed by atoms with E-state index in [9.17, 15) is 4.79 Å². The van der Waals surface area contributed by atoms with Gasteiger partial charge in [0.2, 0.25) is 0 Å². The lowest BCUT2D eigenvalue weighted by molar-refractivity contribution is 0.103. The Kier molecular flexibility index (Phi) is 4.01. The van der Waals surface area contributed by atoms with Crippen molar-refractivity contribution in [3.63, 3.8) is 0 Å². The zero-order valence-corrected chi connectivity index (χ0v) is 12.3. The molecule has 0 radical (unpaired) electrons. The van der Waals surface area contributed by atoms with Crippen molar-refractivity contribution >= 4 is 5.78 Å². The van der Waals surface area contributed by atoms with Crippen LogP contribution in [-0.4, -0.2) is 15.6 Å². The highest BCUT2D eigenvalue weighted by molar-refractivity contribution is 6.08. The molecule has 0 atom stereocenters. The van der Waals surface area contributed by atoms with Gasteiger partial charge in [-0.1, -0.05) is 42.5 Å². The Hall–Kier alpha value is -2.88. The Bertz CT molecular complexity index is 779. The van der Waals surface area contributed by atoms with E-state index >= 15 is 0 Å². The minimum Gasteiger partial charge on any atom is -0.489 e. The topological polar surface area (TPSA) is 44.1 Å². The number of ether oxygens (including phenoxy) is 1. The first kappa shape index (κ1) is 14.1. The summed E-state index contributed by atoms with van der Waals surface area (Å²) < 4.78 is 7.36. The summed E-state index contributed by atoms with van der Waals surface area (Å²) in [6, 6.07) is 17.1. The molecule has 3 rings (SSSR count). The number of benzene rings is 2. The van der Waals surface area contributed by atoms with Crippen LogP contribution in [0.5, 0.6) is 5.75 Å². The molecule has 0 saturated heterocycles. The van der Waals surface area contributed by atoms with Gasteiger partial charge in [-0.05, 0) is 17.7 Å². The molecule has 1 heterocycles. The number of aryl methyl sites for hydroxylation is 1. The molecule has 0 bridgehead atoms. The van der Waals surface area contributed by atoms with Crippen LogP contribution in [0, 0.1) is 0 Å². The summed E-state index contributed by atoms with van der Waals surface area (Å²) in [6.07, 6.45) is 3.28. The van der Waals surface area contributed by atoms with Crippen molar-refractivity contribution in [3.05, 3.63) is 83.7 Å². The van der Waals surface area contributed by atoms with Gasteiger partial charge in [0.25, 0.3) is 0 Å². The van der Waals surface area contributed by atoms with Crippen LogP contribution in [0.4, 0.5) is 0 Å². The Labute approximate surface area is 129 Å². The maximum Gasteiger partial charge on any atom is 0.196 e. The quantitative estimate of drug-likeness (QED) is 0.678. The summed E-state index contributed by atoms with van der Waals surface area (Å²) in [5, 5.41) is 4.03. The van der Waals surface area contributed by atoms with Crippen LogP contribution in [0.2, 0.25) is 0 Å². The molecule has 0 N–H and O–H groups in total. The van der Waals surface area contributed by atoms with E-state index in [1.165, 1.54) is 0 Å². The maximum absolute atomic E-state index is 12.4. The molecule has 4 heteroatoms. The number of aromatic nitrogens is 2. The molecule has 0 amide bonds. The Morgan fingerprint density at radius 2 is 1.91 bits per heavy atom. The Morgan fingerprint density at radius 3 is 2.64 bits per heavy atom. The van der Waals surface area contributed by atoms with E-state index < -0.39 is 0 Å². The monoisotopic (exact) mass is 292 g/mol. The van der Waals surface area contributed by atoms with Crippen LogP contribution >= 0.6 is 0 Å². The van der Waals surface area contributed by atoms with Gasteiger partial charge in [-0.2, -0.15) is 5.10 Å². The molecule has 0 aliphatic heterocycles. The predicted molar refractivity (Wildman–Crippen MR) is 83.9 cm³/mol. The third-order valence-corrected chi connectivity index (χ3v) is 3.31. The van der Waals surface area contributed by atoms with Crippen molar-refractivity contribution in [1.29, 1.82) is 0 Å². The number of rotatable bonds is 5. The van der Waals surface area contributed by atoms with E-state index in [2.05, 4.69) is 5.10 Å². The largest absolute Gasteiger partial charge is 0.489 e. The van der Waals surface area contributed by atoms with Crippen LogP contribution in [0.15, 0.2) is 67.0 Å². The fourth-order valence-corrected chi connectivity index (χ4v) is 2.17. The highest BCUT2D eigenvalue weighted by atomic mass is 16.5. The van der Waals surface area contributed by atoms with Crippen LogP contribution in [0.3, 0.4) is 0 Å². The summed E-state index contributed by atoms with van der Waals surface area (Å²) in [6.45, 7) is 0.478. The number of hydrogen-bond donors (Lipinski definition) is 0. The minimum atomic E-state index is -0.0572. The lowest BCUT2D eigenvalue weighted by atomic mass is 10.1. The highest BCUT2D eigenvalue weighted by Crippen LogP contribution is 2.17. The van der Waals surface area contributed by atoms with E-state index in [0.29, 0.717) is 23.5 Å². The number of nitrogens with zero attached hydrogens (tertiary/aromatic N) is 2. The van der Waals surface area contributed by atoms with Crippen LogP contribution < -0.4 is 4.74 Å². The van der Waals surface area contributed by atoms with Gasteiger partial charge < -0.3 is 4.74 Å². The van der Waals surface area contributed by atoms with Gasteiger partial charge in [-0.3, -0.25) is 9.48 Å². The lowest BCUT2D eigenvalue weighted by Gasteiger charge is -2.07. The van der Waals surface area contributed by atoms with Gasteiger partial charge in [0, 0.05) is 18.8 Å². The lowest BCUT2D eigenvalue weighted by Crippen LogP contribution is -2.01. The summed E-state index contributed by atoms with van der Waals surface area (Å²) in [7, 11) is 1.79. The number of hydrogen-bond acceptors (Lipinski definition) is 3. The van der Waals surface area contributed by atoms with Crippen molar-refractivity contribution in [3.8, 4) is 5.75 Å². The fourth-order valence-electron chi connectivity index (χ4n) is 2.17. The maximum atomic E-state index is 12.4. The normalized spacial score (nSPS) is 10.4. The summed E-state index contributed by atoms with van der Waals surface area (Å²) in [4.78, 5) is 12.4. The van der Waals surface area contributed by atoms with Crippen molar-refractivity contribution < 1.29 is 9.53 Å². The molecule has 4 nitrogen and oxygen atoms in total. The van der Waals surface area contributed by atoms with E-state index in [1.807, 2.05) is 42.5 Å². The molecule has 1 aromatic heterocycles. The van der Waals surface area contributed by atoms with Gasteiger partial charge in [-0.25, -0.2) is 0 Å². The van der Waals surface area contributed by atoms with Gasteiger partial charge in [0.15, 0.2) is 5.78 Å². The first-order chi connectivity index (χ1) is 10.7. The van der Waals surface area contributed by atoms with Gasteiger partial charge in [0.05, 0.1) is 11.8 Å². The zero-order chi connectivity index (χ0) is 15.4. The molecular formula is C18H16N2O2. The number of carbonyl (C=O) groups excluding carboxylic acids is 1. The molecule has 22 heavy (non-hydrogen) atoms. The number of ketones is 1. The van der Waals surface area contributed by atoms with E-state index in [-0.39, 0.29) is 5.78 Å². The Balaban J connectivity index is 1.74. The first-order valence-electron chi connectivity index (χ1n) is 7.02. The van der Waals surface area contributed by atoms with E-state index in [4.69, 9.17) is 4.74 Å². The second kappa shape index (κ2) is 6.26. The van der Waals surface area contributed by atoms with Crippen molar-refractivity contribution in [2.45, 2.75) is 6.61 Å². The number of carbonyl (C=O) groups is 1. The van der Waals surface area contributed by atoms with Gasteiger partial charge in [0.1, 0.15) is 12.4 Å². The molecule has 0 aliphatic carbocycles. The average Bonchev–Trinajstić information content (AvgIpc) is 3.00. The SMILES string of the molecule is Cn1cc(C(=O)c2cccc(OCc3ccccc3)c2)cn1. The van der Waals surface area contributed by atoms with E-state index in [0.717, 1.165) is 5.56 Å². The third-order valence-electron chi connectivity index (χ3n) is 3.31. The molecule has 0 saturated carbocycles. The van der Waals surface area contributed by atoms with Crippen LogP contribution in [0.1, 0.15) is 21.5 Å². The second-order valence-corrected chi connectivity index (χ2v) is 5.03. The zero-order valence-electron chi connectivity index (χ0n) is 12.3. The summed E-state index contributed by atoms with van der Waals surface area (Å²) in [5.41, 5.74) is 2.26. The summed E-state index contributed by atoms with van der Waals surface area (Å²) in [5.74, 6) is 0.622. The van der Waals surface area contributed by atoms with Crippen molar-refractivity contribution in [2.24, 2.45) is 7.05 Å². The highest BCUT2D eigenvalue weighted by Gasteiger charge is 2.11. The molecule has 2 aromatic carbocycles. The van der Waals surface area contributed by atoms with Gasteiger partial charge in [-0.15, -0.1) is 0 Å². The first-order valence-corrected chi connectivity index (χ1v) is 7.02. The Morgan fingerprint density at radius 1 is 1.09 bits per heavy atom. The molecule has 110 valence electrons. The van der Waals surface area contributed by atoms with Crippen molar-refractivity contribution in [2.75, 3.05) is 0 Å². The molecule has 0 unspecified atom stereocenters. The third kappa shape index (κ3) is 3.23. The molecular weight excluding hydrogens is 276 g/mol. The standard InChI is InChI=1S/C18H16N2O2/c1-20-12-16(11-19-20)18(21)15-8-5-9-17(10-15)22-13-14-6-3-2-4-7-14/h2-12H,13H2,1H3. The molecule has 0 fully saturated rings. The van der Waals surface area contributed by atoms with Gasteiger partial charge >= 0.3 is 0 Å². The smallest absolute Gasteiger partial charge is 0.196 e. The second-order valence-electron chi connectivity index (χ2n) is 5.03. The minimum absolute atomic E-state index is 0.0572. The molecule has 3 aromatic rings. The molecule has 0 aliphatic rings. The fraction of sp³-hybridized carbons (Fsp3) is 0.111. The van der Waals surface area contributed by atoms with E-state index in [1.54, 1.807) is 36.3 Å². The average molecular weight is 292 g/mol. The van der Waals surface area contributed by atoms with Crippen molar-refractivity contribution in [1.82, 2.24) is 9.78 Å². The van der Waals surface area contributed by atoms with Crippen LogP contribution in [0.25, 0.3) is 0 Å².